The lowest BCUT2D eigenvalue weighted by Gasteiger charge is -2.28. The maximum Gasteiger partial charge on any atom is 0.220 e. The topological polar surface area (TPSA) is 117 Å². The molecule has 0 bridgehead atoms. The van der Waals surface area contributed by atoms with E-state index in [1.54, 1.807) is 13.3 Å². The second-order valence-electron chi connectivity index (χ2n) is 13.1. The molecule has 9 nitrogen and oxygen atoms in total. The van der Waals surface area contributed by atoms with Gasteiger partial charge in [-0.25, -0.2) is 4.98 Å². The zero-order chi connectivity index (χ0) is 33.9. The van der Waals surface area contributed by atoms with Crippen molar-refractivity contribution in [2.75, 3.05) is 20.2 Å². The number of benzene rings is 2. The Morgan fingerprint density at radius 2 is 1.61 bits per heavy atom. The molecule has 3 atom stereocenters. The van der Waals surface area contributed by atoms with Crippen molar-refractivity contribution in [1.82, 2.24) is 31.2 Å². The molecule has 2 aromatic carbocycles. The summed E-state index contributed by atoms with van der Waals surface area (Å²) in [6, 6.07) is 18.8. The molecule has 1 aliphatic carbocycles. The van der Waals surface area contributed by atoms with E-state index in [0.717, 1.165) is 66.5 Å². The van der Waals surface area contributed by atoms with Gasteiger partial charge in [-0.1, -0.05) is 59.6 Å². The molecule has 2 saturated heterocycles. The van der Waals surface area contributed by atoms with Crippen LogP contribution in [-0.4, -0.2) is 54.1 Å². The molecule has 4 N–H and O–H groups in total. The number of amides is 2. The molecule has 0 saturated carbocycles. The molecule has 2 aliphatic heterocycles. The number of methoxy groups -OCH3 is 1. The number of nitrogens with zero attached hydrogens (tertiary/aromatic N) is 2. The number of fused-ring (bicyclic) bond motifs is 1. The minimum absolute atomic E-state index is 0.105. The lowest BCUT2D eigenvalue weighted by molar-refractivity contribution is -0.120. The first-order chi connectivity index (χ1) is 23.9. The predicted molar refractivity (Wildman–Crippen MR) is 193 cm³/mol. The number of aromatic nitrogens is 2. The van der Waals surface area contributed by atoms with Crippen molar-refractivity contribution in [3.63, 3.8) is 0 Å². The number of halogens is 2. The fraction of sp³-hybridized carbons (Fsp3) is 0.368. The monoisotopic (exact) mass is 698 g/mol. The lowest BCUT2D eigenvalue weighted by atomic mass is 9.86. The minimum Gasteiger partial charge on any atom is -0.481 e. The Morgan fingerprint density at radius 1 is 0.857 bits per heavy atom. The van der Waals surface area contributed by atoms with Gasteiger partial charge in [-0.3, -0.25) is 14.6 Å². The Bertz CT molecular complexity index is 1880. The van der Waals surface area contributed by atoms with Crippen LogP contribution < -0.4 is 26.0 Å². The quantitative estimate of drug-likeness (QED) is 0.143. The van der Waals surface area contributed by atoms with E-state index >= 15 is 0 Å². The van der Waals surface area contributed by atoms with Crippen molar-refractivity contribution in [3.8, 4) is 39.5 Å². The third kappa shape index (κ3) is 7.31. The first kappa shape index (κ1) is 33.5. The van der Waals surface area contributed by atoms with E-state index in [2.05, 4.69) is 39.5 Å². The van der Waals surface area contributed by atoms with E-state index in [1.807, 2.05) is 36.4 Å². The normalized spacial score (nSPS) is 20.2. The molecule has 7 rings (SSSR count). The fourth-order valence-corrected chi connectivity index (χ4v) is 7.87. The highest BCUT2D eigenvalue weighted by atomic mass is 35.5. The van der Waals surface area contributed by atoms with E-state index in [4.69, 9.17) is 37.9 Å². The van der Waals surface area contributed by atoms with Crippen LogP contribution in [0.3, 0.4) is 0 Å². The number of ether oxygens (including phenoxy) is 1. The van der Waals surface area contributed by atoms with Crippen LogP contribution in [0, 0.1) is 0 Å². The molecule has 4 heterocycles. The SMILES string of the molecule is COc1nc(-c2cccc(-c3ccnc(-c4ccc5c(c4)CCCC5NCC4CCC(=O)N4)c3Cl)c2Cl)ccc1CNC[C@H]1CCC(=O)N1. The molecule has 2 unspecified atom stereocenters. The molecule has 2 fully saturated rings. The zero-order valence-corrected chi connectivity index (χ0v) is 29.0. The van der Waals surface area contributed by atoms with Crippen LogP contribution in [0.15, 0.2) is 60.8 Å². The van der Waals surface area contributed by atoms with Gasteiger partial charge in [-0.05, 0) is 61.4 Å². The van der Waals surface area contributed by atoms with Gasteiger partial charge in [0.2, 0.25) is 17.7 Å². The molecule has 2 amide bonds. The molecule has 4 aromatic rings. The summed E-state index contributed by atoms with van der Waals surface area (Å²) in [5.41, 5.74) is 8.23. The summed E-state index contributed by atoms with van der Waals surface area (Å²) in [7, 11) is 1.61. The number of nitrogens with one attached hydrogen (secondary N) is 4. The molecule has 0 radical (unpaired) electrons. The number of pyridine rings is 2. The summed E-state index contributed by atoms with van der Waals surface area (Å²) >= 11 is 14.2. The van der Waals surface area contributed by atoms with Crippen LogP contribution in [-0.2, 0) is 22.6 Å². The van der Waals surface area contributed by atoms with Gasteiger partial charge in [0, 0.05) is 84.6 Å². The summed E-state index contributed by atoms with van der Waals surface area (Å²) in [5.74, 6) is 0.762. The van der Waals surface area contributed by atoms with Gasteiger partial charge in [0.05, 0.1) is 28.5 Å². The molecule has 254 valence electrons. The van der Waals surface area contributed by atoms with Crippen LogP contribution in [0.2, 0.25) is 10.0 Å². The average Bonchev–Trinajstić information content (AvgIpc) is 3.74. The van der Waals surface area contributed by atoms with Crippen LogP contribution in [0.1, 0.15) is 61.3 Å². The largest absolute Gasteiger partial charge is 0.481 e. The van der Waals surface area contributed by atoms with Gasteiger partial charge in [-0.2, -0.15) is 0 Å². The Hall–Kier alpha value is -4.02. The Balaban J connectivity index is 1.10. The summed E-state index contributed by atoms with van der Waals surface area (Å²) < 4.78 is 5.66. The molecule has 3 aliphatic rings. The number of aryl methyl sites for hydroxylation is 1. The number of carbonyl (C=O) groups is 2. The smallest absolute Gasteiger partial charge is 0.220 e. The third-order valence-electron chi connectivity index (χ3n) is 9.80. The first-order valence-electron chi connectivity index (χ1n) is 17.0. The Morgan fingerprint density at radius 3 is 2.37 bits per heavy atom. The van der Waals surface area contributed by atoms with E-state index in [1.165, 1.54) is 11.1 Å². The number of rotatable bonds is 11. The second kappa shape index (κ2) is 14.8. The standard InChI is InChI=1S/C38H40Cl2N6O3/c1-49-38-24(19-41-20-25-10-14-33(47)44-25)9-13-32(46-38)30-6-3-5-28(35(30)39)29-16-17-42-37(36(29)40)23-8-12-27-22(18-23)4-2-7-31(27)43-21-26-11-15-34(48)45-26/h3,5-6,8-9,12-13,16-18,25-26,31,41,43H,2,4,7,10-11,14-15,19-21H2,1H3,(H,44,47)(H,45,48)/t25-,26?,31?/m1/s1. The fourth-order valence-electron chi connectivity index (χ4n) is 7.22. The van der Waals surface area contributed by atoms with Gasteiger partial charge in [0.25, 0.3) is 0 Å². The molecule has 0 spiro atoms. The van der Waals surface area contributed by atoms with E-state index in [0.29, 0.717) is 53.2 Å². The summed E-state index contributed by atoms with van der Waals surface area (Å²) in [6.45, 7) is 2.02. The van der Waals surface area contributed by atoms with Gasteiger partial charge in [0.15, 0.2) is 0 Å². The van der Waals surface area contributed by atoms with Gasteiger partial charge in [-0.15, -0.1) is 0 Å². The highest BCUT2D eigenvalue weighted by molar-refractivity contribution is 6.39. The number of hydrogen-bond acceptors (Lipinski definition) is 7. The maximum absolute atomic E-state index is 11.6. The second-order valence-corrected chi connectivity index (χ2v) is 13.8. The van der Waals surface area contributed by atoms with Crippen LogP contribution in [0.25, 0.3) is 33.6 Å². The highest BCUT2D eigenvalue weighted by Crippen LogP contribution is 2.42. The van der Waals surface area contributed by atoms with E-state index in [-0.39, 0.29) is 29.9 Å². The molecular weight excluding hydrogens is 659 g/mol. The van der Waals surface area contributed by atoms with Crippen molar-refractivity contribution in [1.29, 1.82) is 0 Å². The van der Waals surface area contributed by atoms with Crippen LogP contribution in [0.5, 0.6) is 5.88 Å². The number of hydrogen-bond donors (Lipinski definition) is 4. The molecule has 49 heavy (non-hydrogen) atoms. The summed E-state index contributed by atoms with van der Waals surface area (Å²) in [4.78, 5) is 32.7. The van der Waals surface area contributed by atoms with Gasteiger partial charge >= 0.3 is 0 Å². The third-order valence-corrected chi connectivity index (χ3v) is 10.6. The van der Waals surface area contributed by atoms with Crippen LogP contribution in [0.4, 0.5) is 0 Å². The van der Waals surface area contributed by atoms with Gasteiger partial charge in [0.1, 0.15) is 0 Å². The average molecular weight is 700 g/mol. The first-order valence-corrected chi connectivity index (χ1v) is 17.8. The number of carbonyl (C=O) groups excluding carboxylic acids is 2. The zero-order valence-electron chi connectivity index (χ0n) is 27.5. The van der Waals surface area contributed by atoms with Crippen molar-refractivity contribution < 1.29 is 14.3 Å². The molecular formula is C38H40Cl2N6O3. The van der Waals surface area contributed by atoms with Crippen molar-refractivity contribution >= 4 is 35.0 Å². The molecule has 11 heteroatoms. The maximum atomic E-state index is 11.6. The van der Waals surface area contributed by atoms with Crippen LogP contribution >= 0.6 is 23.2 Å². The Labute approximate surface area is 296 Å². The minimum atomic E-state index is 0.105. The summed E-state index contributed by atoms with van der Waals surface area (Å²) in [6.07, 6.45) is 7.85. The lowest BCUT2D eigenvalue weighted by Crippen LogP contribution is -2.38. The summed E-state index contributed by atoms with van der Waals surface area (Å²) in [5, 5.41) is 14.2. The van der Waals surface area contributed by atoms with Gasteiger partial charge < -0.3 is 26.0 Å². The Kier molecular flexibility index (Phi) is 10.1. The van der Waals surface area contributed by atoms with Crippen molar-refractivity contribution in [3.05, 3.63) is 87.5 Å². The highest BCUT2D eigenvalue weighted by Gasteiger charge is 2.26. The molecule has 2 aromatic heterocycles. The van der Waals surface area contributed by atoms with Crippen molar-refractivity contribution in [2.45, 2.75) is 69.6 Å². The van der Waals surface area contributed by atoms with E-state index < -0.39 is 0 Å². The van der Waals surface area contributed by atoms with E-state index in [9.17, 15) is 9.59 Å². The van der Waals surface area contributed by atoms with Crippen molar-refractivity contribution in [2.24, 2.45) is 0 Å². The predicted octanol–water partition coefficient (Wildman–Crippen LogP) is 6.41.